The van der Waals surface area contributed by atoms with Gasteiger partial charge in [-0.1, -0.05) is 18.2 Å². The molecular weight excluding hydrogens is 284 g/mol. The van der Waals surface area contributed by atoms with Crippen LogP contribution in [0.5, 0.6) is 0 Å². The van der Waals surface area contributed by atoms with Crippen molar-refractivity contribution in [3.05, 3.63) is 54.0 Å². The minimum absolute atomic E-state index is 0.138. The summed E-state index contributed by atoms with van der Waals surface area (Å²) in [6.45, 7) is 3.18. The SMILES string of the molecule is Cc1ccccc1NC(=O)C(=O)NCC(C)(O)c1ccco1. The lowest BCUT2D eigenvalue weighted by molar-refractivity contribution is -0.136. The third-order valence-corrected chi connectivity index (χ3v) is 3.24. The lowest BCUT2D eigenvalue weighted by atomic mass is 10.0. The van der Waals surface area contributed by atoms with Crippen LogP contribution < -0.4 is 10.6 Å². The van der Waals surface area contributed by atoms with Crippen molar-refractivity contribution in [1.29, 1.82) is 0 Å². The molecule has 6 heteroatoms. The summed E-state index contributed by atoms with van der Waals surface area (Å²) in [4.78, 5) is 23.6. The number of rotatable bonds is 4. The van der Waals surface area contributed by atoms with Crippen LogP contribution in [0.25, 0.3) is 0 Å². The van der Waals surface area contributed by atoms with Gasteiger partial charge in [-0.15, -0.1) is 0 Å². The molecule has 0 saturated carbocycles. The summed E-state index contributed by atoms with van der Waals surface area (Å²) in [7, 11) is 0. The molecule has 1 aromatic heterocycles. The molecule has 0 bridgehead atoms. The van der Waals surface area contributed by atoms with E-state index in [0.717, 1.165) is 5.56 Å². The molecule has 3 N–H and O–H groups in total. The van der Waals surface area contributed by atoms with Crippen LogP contribution in [0.3, 0.4) is 0 Å². The zero-order chi connectivity index (χ0) is 16.2. The molecule has 2 aromatic rings. The number of furan rings is 1. The highest BCUT2D eigenvalue weighted by Gasteiger charge is 2.28. The van der Waals surface area contributed by atoms with Crippen LogP contribution in [0.2, 0.25) is 0 Å². The van der Waals surface area contributed by atoms with Gasteiger partial charge in [-0.25, -0.2) is 0 Å². The number of benzene rings is 1. The van der Waals surface area contributed by atoms with Crippen molar-refractivity contribution in [2.45, 2.75) is 19.4 Å². The summed E-state index contributed by atoms with van der Waals surface area (Å²) in [6, 6.07) is 10.4. The second-order valence-electron chi connectivity index (χ2n) is 5.20. The fourth-order valence-corrected chi connectivity index (χ4v) is 1.90. The average Bonchev–Trinajstić information content (AvgIpc) is 3.02. The number of aryl methyl sites for hydroxylation is 1. The summed E-state index contributed by atoms with van der Waals surface area (Å²) < 4.78 is 5.10. The Balaban J connectivity index is 1.92. The lowest BCUT2D eigenvalue weighted by Crippen LogP contribution is -2.43. The number of amides is 2. The average molecular weight is 302 g/mol. The molecule has 0 aliphatic rings. The van der Waals surface area contributed by atoms with Crippen molar-refractivity contribution in [2.24, 2.45) is 0 Å². The molecule has 1 unspecified atom stereocenters. The first-order valence-corrected chi connectivity index (χ1v) is 6.81. The maximum absolute atomic E-state index is 11.8. The van der Waals surface area contributed by atoms with Crippen molar-refractivity contribution in [2.75, 3.05) is 11.9 Å². The number of hydrogen-bond acceptors (Lipinski definition) is 4. The van der Waals surface area contributed by atoms with Crippen LogP contribution in [0.4, 0.5) is 5.69 Å². The Hall–Kier alpha value is -2.60. The molecular formula is C16H18N2O4. The van der Waals surface area contributed by atoms with Crippen LogP contribution >= 0.6 is 0 Å². The zero-order valence-electron chi connectivity index (χ0n) is 12.4. The Bertz CT molecular complexity index is 663. The quantitative estimate of drug-likeness (QED) is 0.747. The van der Waals surface area contributed by atoms with Gasteiger partial charge in [-0.3, -0.25) is 9.59 Å². The first kappa shape index (κ1) is 15.8. The molecule has 0 radical (unpaired) electrons. The van der Waals surface area contributed by atoms with Gasteiger partial charge in [-0.05, 0) is 37.6 Å². The van der Waals surface area contributed by atoms with E-state index in [-0.39, 0.29) is 6.54 Å². The third-order valence-electron chi connectivity index (χ3n) is 3.24. The van der Waals surface area contributed by atoms with Crippen LogP contribution in [0, 0.1) is 6.92 Å². The van der Waals surface area contributed by atoms with Gasteiger partial charge in [0, 0.05) is 5.69 Å². The van der Waals surface area contributed by atoms with Crippen molar-refractivity contribution < 1.29 is 19.1 Å². The van der Waals surface area contributed by atoms with Crippen molar-refractivity contribution >= 4 is 17.5 Å². The standard InChI is InChI=1S/C16H18N2O4/c1-11-6-3-4-7-12(11)18-15(20)14(19)17-10-16(2,21)13-8-5-9-22-13/h3-9,21H,10H2,1-2H3,(H,17,19)(H,18,20). The molecule has 0 aliphatic heterocycles. The van der Waals surface area contributed by atoms with E-state index in [2.05, 4.69) is 10.6 Å². The fourth-order valence-electron chi connectivity index (χ4n) is 1.90. The first-order valence-electron chi connectivity index (χ1n) is 6.81. The summed E-state index contributed by atoms with van der Waals surface area (Å²) in [6.07, 6.45) is 1.43. The highest BCUT2D eigenvalue weighted by atomic mass is 16.4. The Labute approximate surface area is 128 Å². The smallest absolute Gasteiger partial charge is 0.313 e. The Morgan fingerprint density at radius 2 is 1.91 bits per heavy atom. The van der Waals surface area contributed by atoms with Crippen LogP contribution in [-0.4, -0.2) is 23.5 Å². The van der Waals surface area contributed by atoms with Gasteiger partial charge < -0.3 is 20.2 Å². The number of para-hydroxylation sites is 1. The fraction of sp³-hybridized carbons (Fsp3) is 0.250. The van der Waals surface area contributed by atoms with E-state index in [1.54, 1.807) is 24.3 Å². The molecule has 0 aliphatic carbocycles. The molecule has 22 heavy (non-hydrogen) atoms. The topological polar surface area (TPSA) is 91.6 Å². The summed E-state index contributed by atoms with van der Waals surface area (Å²) in [5.74, 6) is -1.30. The van der Waals surface area contributed by atoms with E-state index in [4.69, 9.17) is 4.42 Å². The molecule has 116 valence electrons. The summed E-state index contributed by atoms with van der Waals surface area (Å²) in [5.41, 5.74) is 0.0360. The van der Waals surface area contributed by atoms with Crippen LogP contribution in [-0.2, 0) is 15.2 Å². The highest BCUT2D eigenvalue weighted by Crippen LogP contribution is 2.19. The predicted octanol–water partition coefficient (Wildman–Crippen LogP) is 1.55. The third kappa shape index (κ3) is 3.73. The van der Waals surface area contributed by atoms with E-state index >= 15 is 0 Å². The predicted molar refractivity (Wildman–Crippen MR) is 81.1 cm³/mol. The van der Waals surface area contributed by atoms with Gasteiger partial charge >= 0.3 is 11.8 Å². The van der Waals surface area contributed by atoms with Gasteiger partial charge in [0.25, 0.3) is 0 Å². The maximum atomic E-state index is 11.8. The Kier molecular flexibility index (Phi) is 4.62. The number of anilines is 1. The van der Waals surface area contributed by atoms with E-state index in [1.807, 2.05) is 19.1 Å². The monoisotopic (exact) mass is 302 g/mol. The molecule has 1 aromatic carbocycles. The van der Waals surface area contributed by atoms with Gasteiger partial charge in [0.15, 0.2) is 0 Å². The van der Waals surface area contributed by atoms with Gasteiger partial charge in [0.05, 0.1) is 12.8 Å². The van der Waals surface area contributed by atoms with Crippen molar-refractivity contribution in [1.82, 2.24) is 5.32 Å². The molecule has 0 spiro atoms. The van der Waals surface area contributed by atoms with E-state index in [0.29, 0.717) is 11.4 Å². The second kappa shape index (κ2) is 6.44. The lowest BCUT2D eigenvalue weighted by Gasteiger charge is -2.20. The molecule has 0 fully saturated rings. The van der Waals surface area contributed by atoms with Gasteiger partial charge in [0.1, 0.15) is 11.4 Å². The molecule has 2 amide bonds. The van der Waals surface area contributed by atoms with Gasteiger partial charge in [-0.2, -0.15) is 0 Å². The Morgan fingerprint density at radius 1 is 1.18 bits per heavy atom. The second-order valence-corrected chi connectivity index (χ2v) is 5.20. The number of carbonyl (C=O) groups excluding carboxylic acids is 2. The Morgan fingerprint density at radius 3 is 2.55 bits per heavy atom. The summed E-state index contributed by atoms with van der Waals surface area (Å²) >= 11 is 0. The van der Waals surface area contributed by atoms with Crippen molar-refractivity contribution in [3.63, 3.8) is 0 Å². The normalized spacial score (nSPS) is 13.2. The maximum Gasteiger partial charge on any atom is 0.313 e. The van der Waals surface area contributed by atoms with E-state index in [1.165, 1.54) is 13.2 Å². The van der Waals surface area contributed by atoms with Crippen LogP contribution in [0.1, 0.15) is 18.2 Å². The molecule has 6 nitrogen and oxygen atoms in total. The zero-order valence-corrected chi connectivity index (χ0v) is 12.4. The van der Waals surface area contributed by atoms with E-state index < -0.39 is 17.4 Å². The number of aliphatic hydroxyl groups is 1. The minimum Gasteiger partial charge on any atom is -0.466 e. The van der Waals surface area contributed by atoms with Gasteiger partial charge in [0.2, 0.25) is 0 Å². The molecule has 0 saturated heterocycles. The van der Waals surface area contributed by atoms with E-state index in [9.17, 15) is 14.7 Å². The number of carbonyl (C=O) groups is 2. The molecule has 2 rings (SSSR count). The number of hydrogen-bond donors (Lipinski definition) is 3. The van der Waals surface area contributed by atoms with Crippen molar-refractivity contribution in [3.8, 4) is 0 Å². The molecule has 1 atom stereocenters. The highest BCUT2D eigenvalue weighted by molar-refractivity contribution is 6.39. The first-order chi connectivity index (χ1) is 10.4. The van der Waals surface area contributed by atoms with Crippen LogP contribution in [0.15, 0.2) is 47.1 Å². The number of nitrogens with one attached hydrogen (secondary N) is 2. The summed E-state index contributed by atoms with van der Waals surface area (Å²) in [5, 5.41) is 15.1. The largest absolute Gasteiger partial charge is 0.466 e. The molecule has 1 heterocycles. The minimum atomic E-state index is -1.39.